The minimum absolute atomic E-state index is 0.303. The molecule has 1 saturated carbocycles. The Kier molecular flexibility index (Phi) is 5.17. The summed E-state index contributed by atoms with van der Waals surface area (Å²) in [4.78, 5) is 19.6. The number of rotatable bonds is 4. The van der Waals surface area contributed by atoms with Gasteiger partial charge < -0.3 is 9.64 Å². The third-order valence-corrected chi connectivity index (χ3v) is 6.38. The molecule has 0 N–H and O–H groups in total. The first-order valence-corrected chi connectivity index (χ1v) is 10.1. The van der Waals surface area contributed by atoms with Gasteiger partial charge in [0.15, 0.2) is 0 Å². The summed E-state index contributed by atoms with van der Waals surface area (Å²) < 4.78 is 5.85. The van der Waals surface area contributed by atoms with Crippen molar-refractivity contribution >= 4 is 17.2 Å². The molecule has 0 aromatic carbocycles. The highest BCUT2D eigenvalue weighted by Gasteiger charge is 2.37. The van der Waals surface area contributed by atoms with Crippen molar-refractivity contribution in [3.05, 3.63) is 22.4 Å². The first kappa shape index (κ1) is 16.5. The number of carbonyl (C=O) groups excluding carboxylic acids is 1. The molecule has 1 aromatic heterocycles. The third-order valence-electron chi connectivity index (χ3n) is 5.65. The molecule has 132 valence electrons. The molecule has 1 aliphatic carbocycles. The number of piperazine rings is 1. The lowest BCUT2D eigenvalue weighted by Crippen LogP contribution is -2.55. The first-order chi connectivity index (χ1) is 11.8. The molecule has 0 spiro atoms. The normalized spacial score (nSPS) is 28.9. The second-order valence-electron chi connectivity index (χ2n) is 7.17. The summed E-state index contributed by atoms with van der Waals surface area (Å²) in [7, 11) is 0. The van der Waals surface area contributed by atoms with Crippen LogP contribution in [0.2, 0.25) is 0 Å². The second kappa shape index (κ2) is 7.52. The fraction of sp³-hybridized carbons (Fsp3) is 0.722. The Bertz CT molecular complexity index is 542. The molecule has 1 amide bonds. The maximum absolute atomic E-state index is 12.7. The predicted molar refractivity (Wildman–Crippen MR) is 95.1 cm³/mol. The third kappa shape index (κ3) is 3.67. The van der Waals surface area contributed by atoms with Gasteiger partial charge in [-0.25, -0.2) is 0 Å². The van der Waals surface area contributed by atoms with Crippen LogP contribution in [0.3, 0.4) is 0 Å². The van der Waals surface area contributed by atoms with Gasteiger partial charge in [-0.2, -0.15) is 11.3 Å². The highest BCUT2D eigenvalue weighted by molar-refractivity contribution is 7.07. The molecule has 1 aromatic rings. The van der Waals surface area contributed by atoms with Crippen LogP contribution in [0.5, 0.6) is 0 Å². The van der Waals surface area contributed by atoms with Crippen LogP contribution in [-0.4, -0.2) is 78.6 Å². The molecule has 0 radical (unpaired) electrons. The van der Waals surface area contributed by atoms with E-state index in [0.717, 1.165) is 52.3 Å². The van der Waals surface area contributed by atoms with Gasteiger partial charge in [0.2, 0.25) is 5.91 Å². The highest BCUT2D eigenvalue weighted by atomic mass is 32.1. The molecule has 5 nitrogen and oxygen atoms in total. The minimum atomic E-state index is 0.303. The van der Waals surface area contributed by atoms with Crippen LogP contribution in [0.1, 0.15) is 24.8 Å². The molecule has 4 rings (SSSR count). The van der Waals surface area contributed by atoms with Crippen molar-refractivity contribution < 1.29 is 9.53 Å². The summed E-state index contributed by atoms with van der Waals surface area (Å²) in [6.45, 7) is 6.97. The van der Waals surface area contributed by atoms with E-state index in [9.17, 15) is 4.79 Å². The summed E-state index contributed by atoms with van der Waals surface area (Å²) in [6, 6.07) is 2.67. The van der Waals surface area contributed by atoms with Crippen LogP contribution in [0.25, 0.3) is 0 Å². The average Bonchev–Trinajstić information content (AvgIpc) is 3.27. The van der Waals surface area contributed by atoms with Crippen molar-refractivity contribution in [3.63, 3.8) is 0 Å². The molecule has 0 bridgehead atoms. The van der Waals surface area contributed by atoms with Gasteiger partial charge in [-0.15, -0.1) is 0 Å². The van der Waals surface area contributed by atoms with E-state index >= 15 is 0 Å². The zero-order chi connectivity index (χ0) is 16.4. The Hall–Kier alpha value is -0.950. The van der Waals surface area contributed by atoms with Gasteiger partial charge in [0.1, 0.15) is 0 Å². The number of hydrogen-bond acceptors (Lipinski definition) is 5. The molecule has 2 saturated heterocycles. The SMILES string of the molecule is O=C(CN1CCOC2CCCC21)N1CCN(Cc2ccsc2)CC1. The zero-order valence-electron chi connectivity index (χ0n) is 14.2. The van der Waals surface area contributed by atoms with Gasteiger partial charge in [0.25, 0.3) is 0 Å². The largest absolute Gasteiger partial charge is 0.375 e. The molecule has 2 aliphatic heterocycles. The predicted octanol–water partition coefficient (Wildman–Crippen LogP) is 1.65. The second-order valence-corrected chi connectivity index (χ2v) is 7.95. The van der Waals surface area contributed by atoms with Crippen molar-refractivity contribution in [2.45, 2.75) is 38.0 Å². The van der Waals surface area contributed by atoms with Crippen molar-refractivity contribution in [2.75, 3.05) is 45.9 Å². The molecule has 2 unspecified atom stereocenters. The van der Waals surface area contributed by atoms with Gasteiger partial charge >= 0.3 is 0 Å². The Morgan fingerprint density at radius 3 is 2.88 bits per heavy atom. The van der Waals surface area contributed by atoms with Crippen molar-refractivity contribution in [2.24, 2.45) is 0 Å². The van der Waals surface area contributed by atoms with E-state index in [-0.39, 0.29) is 0 Å². The zero-order valence-corrected chi connectivity index (χ0v) is 15.0. The summed E-state index contributed by atoms with van der Waals surface area (Å²) in [6.07, 6.45) is 3.96. The maximum atomic E-state index is 12.7. The lowest BCUT2D eigenvalue weighted by molar-refractivity contribution is -0.138. The van der Waals surface area contributed by atoms with E-state index in [2.05, 4.69) is 31.5 Å². The van der Waals surface area contributed by atoms with Crippen molar-refractivity contribution in [3.8, 4) is 0 Å². The van der Waals surface area contributed by atoms with Crippen molar-refractivity contribution in [1.82, 2.24) is 14.7 Å². The Balaban J connectivity index is 1.25. The molecule has 24 heavy (non-hydrogen) atoms. The van der Waals surface area contributed by atoms with Gasteiger partial charge in [-0.1, -0.05) is 0 Å². The number of carbonyl (C=O) groups is 1. The number of fused-ring (bicyclic) bond motifs is 1. The fourth-order valence-corrected chi connectivity index (χ4v) is 4.93. The first-order valence-electron chi connectivity index (χ1n) is 9.16. The molecule has 2 atom stereocenters. The van der Waals surface area contributed by atoms with E-state index in [1.165, 1.54) is 18.4 Å². The van der Waals surface area contributed by atoms with Crippen LogP contribution in [0.15, 0.2) is 16.8 Å². The number of ether oxygens (including phenoxy) is 1. The molecular formula is C18H27N3O2S. The molecular weight excluding hydrogens is 322 g/mol. The highest BCUT2D eigenvalue weighted by Crippen LogP contribution is 2.29. The summed E-state index contributed by atoms with van der Waals surface area (Å²) in [5.74, 6) is 0.303. The van der Waals surface area contributed by atoms with E-state index in [4.69, 9.17) is 4.74 Å². The number of morpholine rings is 1. The summed E-state index contributed by atoms with van der Waals surface area (Å²) >= 11 is 1.75. The molecule has 3 aliphatic rings. The van der Waals surface area contributed by atoms with Crippen LogP contribution >= 0.6 is 11.3 Å². The van der Waals surface area contributed by atoms with Crippen LogP contribution in [0, 0.1) is 0 Å². The van der Waals surface area contributed by atoms with Gasteiger partial charge in [0.05, 0.1) is 19.3 Å². The Morgan fingerprint density at radius 2 is 2.08 bits per heavy atom. The minimum Gasteiger partial charge on any atom is -0.375 e. The van der Waals surface area contributed by atoms with Gasteiger partial charge in [0, 0.05) is 45.3 Å². The smallest absolute Gasteiger partial charge is 0.236 e. The standard InChI is InChI=1S/C18H27N3O2S/c22-18(13-21-9-10-23-17-3-1-2-16(17)21)20-7-5-19(6-8-20)12-15-4-11-24-14-15/h4,11,14,16-17H,1-3,5-10,12-13H2. The number of amides is 1. The van der Waals surface area contributed by atoms with E-state index in [1.54, 1.807) is 11.3 Å². The molecule has 3 fully saturated rings. The van der Waals surface area contributed by atoms with Crippen LogP contribution < -0.4 is 0 Å². The monoisotopic (exact) mass is 349 g/mol. The van der Waals surface area contributed by atoms with E-state index in [0.29, 0.717) is 24.6 Å². The maximum Gasteiger partial charge on any atom is 0.236 e. The Labute approximate surface area is 148 Å². The van der Waals surface area contributed by atoms with Gasteiger partial charge in [-0.3, -0.25) is 14.6 Å². The lowest BCUT2D eigenvalue weighted by Gasteiger charge is -2.39. The van der Waals surface area contributed by atoms with E-state index in [1.807, 2.05) is 0 Å². The number of thiophene rings is 1. The topological polar surface area (TPSA) is 36.0 Å². The quantitative estimate of drug-likeness (QED) is 0.828. The number of nitrogens with zero attached hydrogens (tertiary/aromatic N) is 3. The van der Waals surface area contributed by atoms with Gasteiger partial charge in [-0.05, 0) is 41.7 Å². The lowest BCUT2D eigenvalue weighted by atomic mass is 10.1. The van der Waals surface area contributed by atoms with Crippen molar-refractivity contribution in [1.29, 1.82) is 0 Å². The summed E-state index contributed by atoms with van der Waals surface area (Å²) in [5.41, 5.74) is 1.39. The summed E-state index contributed by atoms with van der Waals surface area (Å²) in [5, 5.41) is 4.35. The fourth-order valence-electron chi connectivity index (χ4n) is 4.27. The number of hydrogen-bond donors (Lipinski definition) is 0. The van der Waals surface area contributed by atoms with Crippen LogP contribution in [-0.2, 0) is 16.1 Å². The van der Waals surface area contributed by atoms with E-state index < -0.39 is 0 Å². The molecule has 3 heterocycles. The average molecular weight is 350 g/mol. The van der Waals surface area contributed by atoms with Crippen LogP contribution in [0.4, 0.5) is 0 Å². The Morgan fingerprint density at radius 1 is 1.21 bits per heavy atom. The molecule has 6 heteroatoms.